The molecule has 1 aliphatic rings. The Bertz CT molecular complexity index is 557. The van der Waals surface area contributed by atoms with E-state index in [9.17, 15) is 4.79 Å². The highest BCUT2D eigenvalue weighted by molar-refractivity contribution is 7.07. The Kier molecular flexibility index (Phi) is 3.40. The quantitative estimate of drug-likeness (QED) is 0.881. The third-order valence-corrected chi connectivity index (χ3v) is 3.99. The van der Waals surface area contributed by atoms with Crippen LogP contribution in [0.1, 0.15) is 34.7 Å². The fraction of sp³-hybridized carbons (Fsp3) is 0.357. The van der Waals surface area contributed by atoms with E-state index >= 15 is 0 Å². The number of carboxylic acids is 1. The van der Waals surface area contributed by atoms with E-state index in [-0.39, 0.29) is 5.76 Å². The second-order valence-corrected chi connectivity index (χ2v) is 5.62. The molecule has 0 aliphatic heterocycles. The summed E-state index contributed by atoms with van der Waals surface area (Å²) in [6.07, 6.45) is 2.44. The van der Waals surface area contributed by atoms with Crippen molar-refractivity contribution >= 4 is 17.3 Å². The van der Waals surface area contributed by atoms with Gasteiger partial charge in [0.1, 0.15) is 5.76 Å². The maximum Gasteiger partial charge on any atom is 0.371 e. The summed E-state index contributed by atoms with van der Waals surface area (Å²) in [4.78, 5) is 13.2. The van der Waals surface area contributed by atoms with Crippen molar-refractivity contribution in [1.29, 1.82) is 0 Å². The molecule has 3 rings (SSSR count). The Morgan fingerprint density at radius 2 is 2.21 bits per heavy atom. The van der Waals surface area contributed by atoms with Crippen LogP contribution in [0.25, 0.3) is 0 Å². The maximum absolute atomic E-state index is 10.8. The molecule has 0 aromatic carbocycles. The predicted octanol–water partition coefficient (Wildman–Crippen LogP) is 3.20. The van der Waals surface area contributed by atoms with Crippen LogP contribution >= 0.6 is 11.3 Å². The van der Waals surface area contributed by atoms with Gasteiger partial charge in [0.25, 0.3) is 0 Å². The van der Waals surface area contributed by atoms with Crippen LogP contribution < -0.4 is 0 Å². The summed E-state index contributed by atoms with van der Waals surface area (Å²) >= 11 is 1.70. The van der Waals surface area contributed by atoms with Gasteiger partial charge in [-0.1, -0.05) is 0 Å². The van der Waals surface area contributed by atoms with Gasteiger partial charge in [-0.15, -0.1) is 0 Å². The number of furan rings is 1. The smallest absolute Gasteiger partial charge is 0.371 e. The molecule has 0 saturated heterocycles. The molecule has 4 nitrogen and oxygen atoms in total. The molecule has 1 N–H and O–H groups in total. The van der Waals surface area contributed by atoms with Gasteiger partial charge in [0, 0.05) is 12.6 Å². The van der Waals surface area contributed by atoms with Crippen LogP contribution in [-0.4, -0.2) is 22.0 Å². The molecule has 2 aromatic rings. The van der Waals surface area contributed by atoms with Crippen molar-refractivity contribution in [2.24, 2.45) is 0 Å². The van der Waals surface area contributed by atoms with Crippen molar-refractivity contribution in [3.05, 3.63) is 46.0 Å². The van der Waals surface area contributed by atoms with Crippen molar-refractivity contribution in [3.8, 4) is 0 Å². The molecular weight excluding hydrogens is 262 g/mol. The Labute approximate surface area is 115 Å². The number of thiophene rings is 1. The summed E-state index contributed by atoms with van der Waals surface area (Å²) in [5, 5.41) is 13.1. The number of nitrogens with zero attached hydrogens (tertiary/aromatic N) is 1. The van der Waals surface area contributed by atoms with Crippen LogP contribution in [0.15, 0.2) is 33.4 Å². The van der Waals surface area contributed by atoms with Gasteiger partial charge in [0.15, 0.2) is 0 Å². The molecule has 2 heterocycles. The highest BCUT2D eigenvalue weighted by Crippen LogP contribution is 2.30. The average Bonchev–Trinajstić information content (AvgIpc) is 2.90. The summed E-state index contributed by atoms with van der Waals surface area (Å²) in [7, 11) is 0. The van der Waals surface area contributed by atoms with Crippen LogP contribution in [0.5, 0.6) is 0 Å². The van der Waals surface area contributed by atoms with Gasteiger partial charge < -0.3 is 9.52 Å². The third-order valence-electron chi connectivity index (χ3n) is 3.26. The second kappa shape index (κ2) is 5.19. The lowest BCUT2D eigenvalue weighted by atomic mass is 10.3. The van der Waals surface area contributed by atoms with Crippen LogP contribution in [0.4, 0.5) is 0 Å². The summed E-state index contributed by atoms with van der Waals surface area (Å²) in [6, 6.07) is 6.02. The topological polar surface area (TPSA) is 53.7 Å². The number of carboxylic acid groups (broad SMARTS) is 1. The normalized spacial score (nSPS) is 15.0. The van der Waals surface area contributed by atoms with Gasteiger partial charge in [-0.3, -0.25) is 4.90 Å². The predicted molar refractivity (Wildman–Crippen MR) is 72.3 cm³/mol. The van der Waals surface area contributed by atoms with Crippen molar-refractivity contribution in [3.63, 3.8) is 0 Å². The Morgan fingerprint density at radius 3 is 2.79 bits per heavy atom. The van der Waals surface area contributed by atoms with E-state index in [0.717, 1.165) is 12.3 Å². The minimum absolute atomic E-state index is 0.0151. The minimum Gasteiger partial charge on any atom is -0.475 e. The van der Waals surface area contributed by atoms with Gasteiger partial charge >= 0.3 is 5.97 Å². The Balaban J connectivity index is 1.68. The van der Waals surface area contributed by atoms with Gasteiger partial charge in [-0.25, -0.2) is 4.79 Å². The zero-order chi connectivity index (χ0) is 13.2. The van der Waals surface area contributed by atoms with Crippen LogP contribution in [0.2, 0.25) is 0 Å². The molecule has 0 amide bonds. The molecule has 0 unspecified atom stereocenters. The third kappa shape index (κ3) is 3.05. The number of hydrogen-bond acceptors (Lipinski definition) is 4. The number of hydrogen-bond donors (Lipinski definition) is 1. The lowest BCUT2D eigenvalue weighted by Gasteiger charge is -2.20. The van der Waals surface area contributed by atoms with Gasteiger partial charge in [0.05, 0.1) is 6.54 Å². The second-order valence-electron chi connectivity index (χ2n) is 4.84. The zero-order valence-corrected chi connectivity index (χ0v) is 11.2. The molecule has 0 atom stereocenters. The molecule has 0 radical (unpaired) electrons. The average molecular weight is 277 g/mol. The first-order valence-corrected chi connectivity index (χ1v) is 7.24. The van der Waals surface area contributed by atoms with E-state index in [4.69, 9.17) is 9.52 Å². The molecule has 5 heteroatoms. The van der Waals surface area contributed by atoms with E-state index in [2.05, 4.69) is 21.7 Å². The molecule has 1 aliphatic carbocycles. The summed E-state index contributed by atoms with van der Waals surface area (Å²) < 4.78 is 5.33. The van der Waals surface area contributed by atoms with Crippen molar-refractivity contribution in [2.75, 3.05) is 0 Å². The number of rotatable bonds is 6. The van der Waals surface area contributed by atoms with Crippen LogP contribution in [-0.2, 0) is 13.1 Å². The standard InChI is InChI=1S/C14H15NO3S/c16-14(17)13-4-3-12(18-13)8-15(11-1-2-11)7-10-5-6-19-9-10/h3-6,9,11H,1-2,7-8H2,(H,16,17). The fourth-order valence-electron chi connectivity index (χ4n) is 2.15. The number of aromatic carboxylic acids is 1. The lowest BCUT2D eigenvalue weighted by molar-refractivity contribution is 0.0658. The van der Waals surface area contributed by atoms with Crippen molar-refractivity contribution in [2.45, 2.75) is 32.0 Å². The molecule has 19 heavy (non-hydrogen) atoms. The van der Waals surface area contributed by atoms with Gasteiger partial charge in [-0.2, -0.15) is 11.3 Å². The largest absolute Gasteiger partial charge is 0.475 e. The highest BCUT2D eigenvalue weighted by Gasteiger charge is 2.29. The Morgan fingerprint density at radius 1 is 1.37 bits per heavy atom. The van der Waals surface area contributed by atoms with Gasteiger partial charge in [0.2, 0.25) is 5.76 Å². The van der Waals surface area contributed by atoms with Crippen LogP contribution in [0.3, 0.4) is 0 Å². The summed E-state index contributed by atoms with van der Waals surface area (Å²) in [6.45, 7) is 1.57. The molecule has 1 saturated carbocycles. The van der Waals surface area contributed by atoms with E-state index in [1.165, 1.54) is 24.5 Å². The Hall–Kier alpha value is -1.59. The van der Waals surface area contributed by atoms with Crippen molar-refractivity contribution < 1.29 is 14.3 Å². The van der Waals surface area contributed by atoms with Gasteiger partial charge in [-0.05, 0) is 47.4 Å². The summed E-state index contributed by atoms with van der Waals surface area (Å²) in [5.74, 6) is -0.275. The first-order valence-electron chi connectivity index (χ1n) is 6.29. The molecule has 0 spiro atoms. The highest BCUT2D eigenvalue weighted by atomic mass is 32.1. The van der Waals surface area contributed by atoms with E-state index in [1.54, 1.807) is 17.4 Å². The first kappa shape index (κ1) is 12.4. The summed E-state index contributed by atoms with van der Waals surface area (Å²) in [5.41, 5.74) is 1.31. The molecule has 0 bridgehead atoms. The molecule has 100 valence electrons. The van der Waals surface area contributed by atoms with E-state index in [0.29, 0.717) is 12.6 Å². The monoisotopic (exact) mass is 277 g/mol. The maximum atomic E-state index is 10.8. The SMILES string of the molecule is O=C(O)c1ccc(CN(Cc2ccsc2)C2CC2)o1. The fourth-order valence-corrected chi connectivity index (χ4v) is 2.81. The minimum atomic E-state index is -1.01. The zero-order valence-electron chi connectivity index (χ0n) is 10.4. The van der Waals surface area contributed by atoms with E-state index < -0.39 is 5.97 Å². The first-order chi connectivity index (χ1) is 9.22. The van der Waals surface area contributed by atoms with E-state index in [1.807, 2.05) is 0 Å². The van der Waals surface area contributed by atoms with Crippen LogP contribution in [0, 0.1) is 0 Å². The number of carbonyl (C=O) groups is 1. The van der Waals surface area contributed by atoms with Crippen molar-refractivity contribution in [1.82, 2.24) is 4.90 Å². The lowest BCUT2D eigenvalue weighted by Crippen LogP contribution is -2.24. The molecular formula is C14H15NO3S. The molecule has 2 aromatic heterocycles. The molecule has 1 fully saturated rings.